The van der Waals surface area contributed by atoms with Crippen LogP contribution in [-0.4, -0.2) is 74.5 Å². The molecular formula is C26H31N5O4S. The Bertz CT molecular complexity index is 1360. The van der Waals surface area contributed by atoms with Crippen molar-refractivity contribution in [1.82, 2.24) is 19.2 Å². The molecule has 0 unspecified atom stereocenters. The van der Waals surface area contributed by atoms with Crippen LogP contribution >= 0.6 is 0 Å². The quantitative estimate of drug-likeness (QED) is 0.501. The molecule has 2 aliphatic heterocycles. The van der Waals surface area contributed by atoms with Gasteiger partial charge in [-0.2, -0.15) is 9.29 Å². The van der Waals surface area contributed by atoms with E-state index in [9.17, 15) is 8.42 Å². The molecule has 0 spiro atoms. The molecule has 0 saturated carbocycles. The van der Waals surface area contributed by atoms with Crippen LogP contribution in [0.2, 0.25) is 0 Å². The fourth-order valence-electron chi connectivity index (χ4n) is 4.52. The number of nitrogens with zero attached hydrogens (tertiary/aromatic N) is 5. The maximum atomic E-state index is 13.5. The molecule has 10 heteroatoms. The largest absolute Gasteiger partial charge is 0.493 e. The van der Waals surface area contributed by atoms with Gasteiger partial charge in [-0.1, -0.05) is 24.3 Å². The highest BCUT2D eigenvalue weighted by Crippen LogP contribution is 2.36. The number of methoxy groups -OCH3 is 1. The number of piperazine rings is 1. The third kappa shape index (κ3) is 4.88. The normalized spacial score (nSPS) is 17.0. The van der Waals surface area contributed by atoms with Gasteiger partial charge in [-0.3, -0.25) is 0 Å². The van der Waals surface area contributed by atoms with Crippen molar-refractivity contribution in [3.05, 3.63) is 65.4 Å². The molecule has 1 fully saturated rings. The lowest BCUT2D eigenvalue weighted by Crippen LogP contribution is -2.45. The lowest BCUT2D eigenvalue weighted by atomic mass is 10.1. The fraction of sp³-hybridized carbons (Fsp3) is 0.385. The van der Waals surface area contributed by atoms with Crippen molar-refractivity contribution in [3.63, 3.8) is 0 Å². The summed E-state index contributed by atoms with van der Waals surface area (Å²) >= 11 is 0. The van der Waals surface area contributed by atoms with Crippen molar-refractivity contribution in [2.45, 2.75) is 24.8 Å². The number of sulfonamides is 1. The van der Waals surface area contributed by atoms with Crippen molar-refractivity contribution < 1.29 is 17.9 Å². The van der Waals surface area contributed by atoms with Gasteiger partial charge in [-0.25, -0.2) is 13.4 Å². The average molecular weight is 510 g/mol. The number of ether oxygens (including phenoxy) is 2. The molecule has 0 amide bonds. The highest BCUT2D eigenvalue weighted by Gasteiger charge is 2.33. The molecular weight excluding hydrogens is 478 g/mol. The monoisotopic (exact) mass is 509 g/mol. The van der Waals surface area contributed by atoms with Crippen molar-refractivity contribution >= 4 is 16.0 Å². The van der Waals surface area contributed by atoms with Crippen LogP contribution in [0.5, 0.6) is 17.4 Å². The molecule has 5 rings (SSSR count). The molecule has 9 nitrogen and oxygen atoms in total. The number of benzene rings is 2. The van der Waals surface area contributed by atoms with E-state index in [-0.39, 0.29) is 11.4 Å². The van der Waals surface area contributed by atoms with Gasteiger partial charge in [0.25, 0.3) is 0 Å². The van der Waals surface area contributed by atoms with E-state index in [2.05, 4.69) is 16.8 Å². The number of aromatic nitrogens is 2. The van der Waals surface area contributed by atoms with E-state index >= 15 is 0 Å². The van der Waals surface area contributed by atoms with Crippen molar-refractivity contribution in [3.8, 4) is 17.4 Å². The van der Waals surface area contributed by atoms with E-state index in [1.807, 2.05) is 37.3 Å². The number of hydrogen-bond acceptors (Lipinski definition) is 8. The molecule has 2 aromatic carbocycles. The molecule has 0 aliphatic carbocycles. The highest BCUT2D eigenvalue weighted by atomic mass is 32.2. The summed E-state index contributed by atoms with van der Waals surface area (Å²) < 4.78 is 40.2. The third-order valence-electron chi connectivity index (χ3n) is 6.66. The van der Waals surface area contributed by atoms with E-state index in [0.717, 1.165) is 37.4 Å². The van der Waals surface area contributed by atoms with E-state index < -0.39 is 10.0 Å². The number of aryl methyl sites for hydroxylation is 1. The Morgan fingerprint density at radius 3 is 2.39 bits per heavy atom. The lowest BCUT2D eigenvalue weighted by molar-refractivity contribution is 0.309. The summed E-state index contributed by atoms with van der Waals surface area (Å²) in [5.41, 5.74) is 2.40. The Labute approximate surface area is 212 Å². The van der Waals surface area contributed by atoms with E-state index in [4.69, 9.17) is 19.4 Å². The summed E-state index contributed by atoms with van der Waals surface area (Å²) in [5.74, 6) is 2.07. The first kappa shape index (κ1) is 24.5. The molecule has 2 aliphatic rings. The zero-order chi connectivity index (χ0) is 25.3. The Morgan fingerprint density at radius 1 is 0.917 bits per heavy atom. The molecule has 3 aromatic rings. The summed E-state index contributed by atoms with van der Waals surface area (Å²) in [5, 5.41) is 0. The average Bonchev–Trinajstić information content (AvgIpc) is 2.89. The second kappa shape index (κ2) is 10.0. The second-order valence-electron chi connectivity index (χ2n) is 9.20. The van der Waals surface area contributed by atoms with Gasteiger partial charge in [0.05, 0.1) is 23.3 Å². The minimum absolute atomic E-state index is 0.138. The first-order chi connectivity index (χ1) is 17.3. The summed E-state index contributed by atoms with van der Waals surface area (Å²) in [6.07, 6.45) is 0.478. The topological polar surface area (TPSA) is 88.1 Å². The van der Waals surface area contributed by atoms with Crippen LogP contribution in [0.3, 0.4) is 0 Å². The zero-order valence-corrected chi connectivity index (χ0v) is 21.7. The van der Waals surface area contributed by atoms with Crippen molar-refractivity contribution in [1.29, 1.82) is 0 Å². The van der Waals surface area contributed by atoms with Crippen molar-refractivity contribution in [2.75, 3.05) is 51.8 Å². The van der Waals surface area contributed by atoms with Gasteiger partial charge in [0.15, 0.2) is 11.5 Å². The van der Waals surface area contributed by atoms with Crippen LogP contribution in [-0.2, 0) is 23.0 Å². The molecule has 1 saturated heterocycles. The number of rotatable bonds is 6. The van der Waals surface area contributed by atoms with E-state index in [1.54, 1.807) is 25.3 Å². The summed E-state index contributed by atoms with van der Waals surface area (Å²) in [6, 6.07) is 14.3. The fourth-order valence-corrected chi connectivity index (χ4v) is 6.03. The standard InChI is InChI=1S/C26H31N5O4S/c1-19-7-6-8-20(17-19)36(32,33)31-12-11-22-21(18-31)25(35-24-10-5-4-9-23(24)34-3)28-26(27-22)30-15-13-29(2)14-16-30/h4-10,17H,11-16,18H2,1-3H3. The van der Waals surface area contributed by atoms with Crippen LogP contribution in [0.1, 0.15) is 16.8 Å². The van der Waals surface area contributed by atoms with Crippen molar-refractivity contribution in [2.24, 2.45) is 0 Å². The van der Waals surface area contributed by atoms with Gasteiger partial charge in [-0.05, 0) is 43.8 Å². The zero-order valence-electron chi connectivity index (χ0n) is 20.8. The first-order valence-electron chi connectivity index (χ1n) is 12.1. The molecule has 1 aromatic heterocycles. The van der Waals surface area contributed by atoms with Crippen LogP contribution in [0, 0.1) is 6.92 Å². The SMILES string of the molecule is COc1ccccc1Oc1nc(N2CCN(C)CC2)nc2c1CN(S(=O)(=O)c1cccc(C)c1)CC2. The van der Waals surface area contributed by atoms with Gasteiger partial charge in [-0.15, -0.1) is 0 Å². The van der Waals surface area contributed by atoms with Gasteiger partial charge in [0.2, 0.25) is 21.9 Å². The van der Waals surface area contributed by atoms with Gasteiger partial charge < -0.3 is 19.3 Å². The Morgan fingerprint density at radius 2 is 1.67 bits per heavy atom. The summed E-state index contributed by atoms with van der Waals surface area (Å²) in [4.78, 5) is 14.4. The first-order valence-corrected chi connectivity index (χ1v) is 13.5. The second-order valence-corrected chi connectivity index (χ2v) is 11.1. The molecule has 0 atom stereocenters. The predicted octanol–water partition coefficient (Wildman–Crippen LogP) is 3.08. The summed E-state index contributed by atoms with van der Waals surface area (Å²) in [6.45, 7) is 5.85. The molecule has 3 heterocycles. The van der Waals surface area contributed by atoms with Crippen LogP contribution in [0.15, 0.2) is 53.4 Å². The Hall–Kier alpha value is -3.21. The van der Waals surface area contributed by atoms with E-state index in [0.29, 0.717) is 41.9 Å². The minimum Gasteiger partial charge on any atom is -0.493 e. The molecule has 0 N–H and O–H groups in total. The Balaban J connectivity index is 1.53. The number of likely N-dealkylation sites (N-methyl/N-ethyl adjacent to an activating group) is 1. The maximum absolute atomic E-state index is 13.5. The number of anilines is 1. The number of para-hydroxylation sites is 2. The molecule has 190 valence electrons. The number of fused-ring (bicyclic) bond motifs is 1. The lowest BCUT2D eigenvalue weighted by Gasteiger charge is -2.34. The van der Waals surface area contributed by atoms with Gasteiger partial charge >= 0.3 is 0 Å². The van der Waals surface area contributed by atoms with E-state index in [1.165, 1.54) is 4.31 Å². The molecule has 0 radical (unpaired) electrons. The third-order valence-corrected chi connectivity index (χ3v) is 8.51. The smallest absolute Gasteiger partial charge is 0.243 e. The van der Waals surface area contributed by atoms with Crippen LogP contribution < -0.4 is 14.4 Å². The van der Waals surface area contributed by atoms with Gasteiger partial charge in [0, 0.05) is 45.7 Å². The molecule has 0 bridgehead atoms. The molecule has 36 heavy (non-hydrogen) atoms. The van der Waals surface area contributed by atoms with Gasteiger partial charge in [0.1, 0.15) is 0 Å². The maximum Gasteiger partial charge on any atom is 0.243 e. The Kier molecular flexibility index (Phi) is 6.83. The highest BCUT2D eigenvalue weighted by molar-refractivity contribution is 7.89. The van der Waals surface area contributed by atoms with Crippen LogP contribution in [0.25, 0.3) is 0 Å². The van der Waals surface area contributed by atoms with Crippen LogP contribution in [0.4, 0.5) is 5.95 Å². The predicted molar refractivity (Wildman–Crippen MR) is 137 cm³/mol. The summed E-state index contributed by atoms with van der Waals surface area (Å²) in [7, 11) is 0.00365. The number of hydrogen-bond donors (Lipinski definition) is 0. The minimum atomic E-state index is -3.68.